The maximum Gasteiger partial charge on any atom is 0.266 e. The Hall–Kier alpha value is -1.88. The molecule has 0 spiro atoms. The smallest absolute Gasteiger partial charge is 0.266 e. The molecular formula is C14H20N2O3. The lowest BCUT2D eigenvalue weighted by Crippen LogP contribution is -2.49. The van der Waals surface area contributed by atoms with Gasteiger partial charge in [-0.05, 0) is 11.5 Å². The van der Waals surface area contributed by atoms with Crippen molar-refractivity contribution < 1.29 is 14.4 Å². The molecule has 0 radical (unpaired) electrons. The van der Waals surface area contributed by atoms with Crippen LogP contribution in [-0.4, -0.2) is 25.0 Å². The van der Waals surface area contributed by atoms with Gasteiger partial charge in [-0.1, -0.05) is 44.2 Å². The molecule has 1 unspecified atom stereocenters. The highest BCUT2D eigenvalue weighted by atomic mass is 16.6. The lowest BCUT2D eigenvalue weighted by Gasteiger charge is -2.20. The van der Waals surface area contributed by atoms with Gasteiger partial charge in [0.05, 0.1) is 13.5 Å². The second-order valence-electron chi connectivity index (χ2n) is 4.62. The Morgan fingerprint density at radius 3 is 2.37 bits per heavy atom. The molecule has 0 saturated carbocycles. The molecule has 0 aromatic heterocycles. The van der Waals surface area contributed by atoms with Gasteiger partial charge in [0.25, 0.3) is 5.91 Å². The number of benzene rings is 1. The van der Waals surface area contributed by atoms with Gasteiger partial charge in [-0.2, -0.15) is 0 Å². The molecule has 0 bridgehead atoms. The number of carbonyl (C=O) groups is 2. The van der Waals surface area contributed by atoms with Gasteiger partial charge in [0.2, 0.25) is 5.91 Å². The van der Waals surface area contributed by atoms with Crippen LogP contribution in [0.3, 0.4) is 0 Å². The largest absolute Gasteiger partial charge is 0.344 e. The van der Waals surface area contributed by atoms with Crippen molar-refractivity contribution >= 4 is 11.8 Å². The topological polar surface area (TPSA) is 67.4 Å². The monoisotopic (exact) mass is 264 g/mol. The van der Waals surface area contributed by atoms with Crippen LogP contribution < -0.4 is 10.8 Å². The number of hydroxylamine groups is 1. The van der Waals surface area contributed by atoms with Crippen molar-refractivity contribution in [1.82, 2.24) is 10.8 Å². The molecule has 19 heavy (non-hydrogen) atoms. The zero-order valence-electron chi connectivity index (χ0n) is 11.5. The third-order valence-electron chi connectivity index (χ3n) is 2.68. The summed E-state index contributed by atoms with van der Waals surface area (Å²) < 4.78 is 0. The Morgan fingerprint density at radius 2 is 1.84 bits per heavy atom. The first-order valence-corrected chi connectivity index (χ1v) is 6.20. The van der Waals surface area contributed by atoms with Crippen LogP contribution in [0.5, 0.6) is 0 Å². The van der Waals surface area contributed by atoms with E-state index in [2.05, 4.69) is 15.6 Å². The van der Waals surface area contributed by atoms with Gasteiger partial charge in [0.15, 0.2) is 0 Å². The van der Waals surface area contributed by atoms with Crippen LogP contribution in [0.4, 0.5) is 0 Å². The van der Waals surface area contributed by atoms with E-state index in [1.165, 1.54) is 7.11 Å². The minimum Gasteiger partial charge on any atom is -0.344 e. The highest BCUT2D eigenvalue weighted by Crippen LogP contribution is 2.04. The van der Waals surface area contributed by atoms with Crippen LogP contribution in [0.15, 0.2) is 30.3 Å². The quantitative estimate of drug-likeness (QED) is 0.755. The molecule has 5 nitrogen and oxygen atoms in total. The van der Waals surface area contributed by atoms with Crippen LogP contribution >= 0.6 is 0 Å². The molecule has 0 aliphatic carbocycles. The third kappa shape index (κ3) is 5.09. The zero-order valence-corrected chi connectivity index (χ0v) is 11.5. The first-order valence-electron chi connectivity index (χ1n) is 6.20. The second kappa shape index (κ2) is 7.53. The van der Waals surface area contributed by atoms with E-state index in [0.717, 1.165) is 5.56 Å². The molecule has 0 heterocycles. The predicted molar refractivity (Wildman–Crippen MR) is 72.1 cm³/mol. The average Bonchev–Trinajstić information content (AvgIpc) is 2.37. The van der Waals surface area contributed by atoms with Crippen molar-refractivity contribution in [2.45, 2.75) is 26.3 Å². The molecule has 1 rings (SSSR count). The van der Waals surface area contributed by atoms with Crippen molar-refractivity contribution in [2.24, 2.45) is 5.92 Å². The molecule has 5 heteroatoms. The Labute approximate surface area is 113 Å². The SMILES string of the molecule is CONC(=O)C(NC(=O)Cc1ccccc1)C(C)C. The Balaban J connectivity index is 2.59. The molecule has 0 aliphatic heterocycles. The van der Waals surface area contributed by atoms with E-state index in [0.29, 0.717) is 0 Å². The van der Waals surface area contributed by atoms with E-state index >= 15 is 0 Å². The first-order chi connectivity index (χ1) is 9.04. The maximum atomic E-state index is 11.9. The minimum atomic E-state index is -0.601. The molecule has 104 valence electrons. The van der Waals surface area contributed by atoms with E-state index < -0.39 is 6.04 Å². The fourth-order valence-electron chi connectivity index (χ4n) is 1.70. The summed E-state index contributed by atoms with van der Waals surface area (Å²) in [5.41, 5.74) is 3.15. The van der Waals surface area contributed by atoms with Crippen molar-refractivity contribution in [2.75, 3.05) is 7.11 Å². The number of rotatable bonds is 6. The maximum absolute atomic E-state index is 11.9. The van der Waals surface area contributed by atoms with Crippen LogP contribution in [-0.2, 0) is 20.8 Å². The van der Waals surface area contributed by atoms with Crippen LogP contribution in [0.25, 0.3) is 0 Å². The van der Waals surface area contributed by atoms with E-state index in [1.54, 1.807) is 0 Å². The molecule has 1 atom stereocenters. The number of carbonyl (C=O) groups excluding carboxylic acids is 2. The van der Waals surface area contributed by atoms with Crippen molar-refractivity contribution in [3.05, 3.63) is 35.9 Å². The van der Waals surface area contributed by atoms with Gasteiger partial charge in [-0.25, -0.2) is 5.48 Å². The zero-order chi connectivity index (χ0) is 14.3. The summed E-state index contributed by atoms with van der Waals surface area (Å²) in [5.74, 6) is -0.551. The molecule has 2 N–H and O–H groups in total. The van der Waals surface area contributed by atoms with Crippen LogP contribution in [0.1, 0.15) is 19.4 Å². The van der Waals surface area contributed by atoms with Crippen molar-refractivity contribution in [3.63, 3.8) is 0 Å². The highest BCUT2D eigenvalue weighted by Gasteiger charge is 2.24. The fraction of sp³-hybridized carbons (Fsp3) is 0.429. The lowest BCUT2D eigenvalue weighted by atomic mass is 10.0. The number of nitrogens with one attached hydrogen (secondary N) is 2. The van der Waals surface area contributed by atoms with Gasteiger partial charge in [-0.15, -0.1) is 0 Å². The van der Waals surface area contributed by atoms with E-state index in [4.69, 9.17) is 0 Å². The lowest BCUT2D eigenvalue weighted by molar-refractivity contribution is -0.137. The number of hydrogen-bond acceptors (Lipinski definition) is 3. The van der Waals surface area contributed by atoms with E-state index in [9.17, 15) is 9.59 Å². The third-order valence-corrected chi connectivity index (χ3v) is 2.68. The molecule has 1 aromatic rings. The predicted octanol–water partition coefficient (Wildman–Crippen LogP) is 1.05. The summed E-state index contributed by atoms with van der Waals surface area (Å²) in [6.45, 7) is 3.73. The summed E-state index contributed by atoms with van der Waals surface area (Å²) in [6, 6.07) is 8.79. The summed E-state index contributed by atoms with van der Waals surface area (Å²) in [6.07, 6.45) is 0.254. The second-order valence-corrected chi connectivity index (χ2v) is 4.62. The summed E-state index contributed by atoms with van der Waals surface area (Å²) in [5, 5.41) is 2.72. The first kappa shape index (κ1) is 15.2. The summed E-state index contributed by atoms with van der Waals surface area (Å²) in [7, 11) is 1.36. The fourth-order valence-corrected chi connectivity index (χ4v) is 1.70. The molecule has 0 saturated heterocycles. The summed E-state index contributed by atoms with van der Waals surface area (Å²) >= 11 is 0. The van der Waals surface area contributed by atoms with Gasteiger partial charge >= 0.3 is 0 Å². The van der Waals surface area contributed by atoms with Gasteiger partial charge in [0, 0.05) is 0 Å². The normalized spacial score (nSPS) is 12.0. The van der Waals surface area contributed by atoms with Crippen LogP contribution in [0, 0.1) is 5.92 Å². The molecular weight excluding hydrogens is 244 g/mol. The Kier molecular flexibility index (Phi) is 6.02. The average molecular weight is 264 g/mol. The van der Waals surface area contributed by atoms with Crippen molar-refractivity contribution in [3.8, 4) is 0 Å². The van der Waals surface area contributed by atoms with Gasteiger partial charge < -0.3 is 5.32 Å². The Morgan fingerprint density at radius 1 is 1.21 bits per heavy atom. The Bertz CT molecular complexity index is 418. The van der Waals surface area contributed by atoms with Crippen molar-refractivity contribution in [1.29, 1.82) is 0 Å². The number of amides is 2. The molecule has 1 aromatic carbocycles. The van der Waals surface area contributed by atoms with Gasteiger partial charge in [0.1, 0.15) is 6.04 Å². The van der Waals surface area contributed by atoms with Gasteiger partial charge in [-0.3, -0.25) is 14.4 Å². The van der Waals surface area contributed by atoms with Crippen LogP contribution in [0.2, 0.25) is 0 Å². The number of hydrogen-bond donors (Lipinski definition) is 2. The molecule has 0 fully saturated rings. The summed E-state index contributed by atoms with van der Waals surface area (Å²) in [4.78, 5) is 28.2. The molecule has 0 aliphatic rings. The molecule has 2 amide bonds. The standard InChI is InChI=1S/C14H20N2O3/c1-10(2)13(14(18)16-19-3)15-12(17)9-11-7-5-4-6-8-11/h4-8,10,13H,9H2,1-3H3,(H,15,17)(H,16,18). The highest BCUT2D eigenvalue weighted by molar-refractivity contribution is 5.88. The van der Waals surface area contributed by atoms with E-state index in [-0.39, 0.29) is 24.2 Å². The minimum absolute atomic E-state index is 0.0186. The van der Waals surface area contributed by atoms with E-state index in [1.807, 2.05) is 44.2 Å².